The van der Waals surface area contributed by atoms with Gasteiger partial charge in [-0.1, -0.05) is 25.1 Å². The zero-order valence-corrected chi connectivity index (χ0v) is 14.3. The fourth-order valence-corrected chi connectivity index (χ4v) is 2.81. The maximum atomic E-state index is 12.1. The van der Waals surface area contributed by atoms with Gasteiger partial charge in [-0.25, -0.2) is 0 Å². The zero-order valence-electron chi connectivity index (χ0n) is 13.5. The second-order valence-corrected chi connectivity index (χ2v) is 6.05. The highest BCUT2D eigenvalue weighted by atomic mass is 32.2. The van der Waals surface area contributed by atoms with Gasteiger partial charge in [-0.05, 0) is 42.4 Å². The van der Waals surface area contributed by atoms with Gasteiger partial charge in [0.2, 0.25) is 5.91 Å². The van der Waals surface area contributed by atoms with Crippen LogP contribution in [0, 0.1) is 0 Å². The van der Waals surface area contributed by atoms with E-state index in [0.29, 0.717) is 5.75 Å². The summed E-state index contributed by atoms with van der Waals surface area (Å²) in [6.45, 7) is 3.80. The fraction of sp³-hybridized carbons (Fsp3) is 0.278. The molecule has 0 radical (unpaired) electrons. The number of anilines is 1. The second kappa shape index (κ2) is 9.22. The summed E-state index contributed by atoms with van der Waals surface area (Å²) in [5, 5.41) is 6.21. The Hall–Kier alpha value is -1.98. The van der Waals surface area contributed by atoms with E-state index in [-0.39, 0.29) is 5.91 Å². The summed E-state index contributed by atoms with van der Waals surface area (Å²) in [7, 11) is 1.64. The highest BCUT2D eigenvalue weighted by Crippen LogP contribution is 2.23. The normalized spacial score (nSPS) is 10.3. The van der Waals surface area contributed by atoms with E-state index in [1.165, 1.54) is 11.8 Å². The molecule has 2 aromatic rings. The SMILES string of the molecule is CCNCc1cccc(NC(=O)CSc2cccc(OC)c2)c1. The largest absolute Gasteiger partial charge is 0.497 e. The molecule has 0 saturated heterocycles. The van der Waals surface area contributed by atoms with Gasteiger partial charge in [0.15, 0.2) is 0 Å². The van der Waals surface area contributed by atoms with Gasteiger partial charge in [-0.15, -0.1) is 11.8 Å². The molecular weight excluding hydrogens is 308 g/mol. The lowest BCUT2D eigenvalue weighted by atomic mass is 10.2. The molecule has 0 aliphatic rings. The molecule has 0 spiro atoms. The van der Waals surface area contributed by atoms with E-state index in [1.54, 1.807) is 7.11 Å². The van der Waals surface area contributed by atoms with Gasteiger partial charge < -0.3 is 15.4 Å². The first-order valence-corrected chi connectivity index (χ1v) is 8.56. The average Bonchev–Trinajstić information content (AvgIpc) is 2.58. The molecule has 0 bridgehead atoms. The minimum atomic E-state index is -0.0154. The van der Waals surface area contributed by atoms with Crippen LogP contribution in [0.4, 0.5) is 5.69 Å². The first-order valence-electron chi connectivity index (χ1n) is 7.57. The van der Waals surface area contributed by atoms with E-state index in [0.717, 1.165) is 35.0 Å². The molecule has 0 aromatic heterocycles. The first-order chi connectivity index (χ1) is 11.2. The molecule has 2 N–H and O–H groups in total. The lowest BCUT2D eigenvalue weighted by Crippen LogP contribution is -2.15. The molecule has 1 amide bonds. The molecule has 0 aliphatic carbocycles. The predicted octanol–water partition coefficient (Wildman–Crippen LogP) is 3.54. The van der Waals surface area contributed by atoms with Crippen molar-refractivity contribution in [2.24, 2.45) is 0 Å². The molecule has 0 unspecified atom stereocenters. The molecule has 0 saturated carbocycles. The fourth-order valence-electron chi connectivity index (χ4n) is 2.07. The van der Waals surface area contributed by atoms with Crippen LogP contribution in [0.15, 0.2) is 53.4 Å². The number of hydrogen-bond donors (Lipinski definition) is 2. The Balaban J connectivity index is 1.86. The number of carbonyl (C=O) groups excluding carboxylic acids is 1. The van der Waals surface area contributed by atoms with Gasteiger partial charge >= 0.3 is 0 Å². The summed E-state index contributed by atoms with van der Waals surface area (Å²) < 4.78 is 5.18. The molecule has 122 valence electrons. The maximum Gasteiger partial charge on any atom is 0.234 e. The summed E-state index contributed by atoms with van der Waals surface area (Å²) in [5.74, 6) is 1.15. The summed E-state index contributed by atoms with van der Waals surface area (Å²) in [6, 6.07) is 15.6. The van der Waals surface area contributed by atoms with Crippen LogP contribution in [0.2, 0.25) is 0 Å². The van der Waals surface area contributed by atoms with Crippen LogP contribution < -0.4 is 15.4 Å². The predicted molar refractivity (Wildman–Crippen MR) is 96.2 cm³/mol. The monoisotopic (exact) mass is 330 g/mol. The number of thioether (sulfide) groups is 1. The highest BCUT2D eigenvalue weighted by molar-refractivity contribution is 8.00. The van der Waals surface area contributed by atoms with Crippen molar-refractivity contribution >= 4 is 23.4 Å². The number of rotatable bonds is 8. The second-order valence-electron chi connectivity index (χ2n) is 5.00. The molecule has 0 atom stereocenters. The Kier molecular flexibility index (Phi) is 6.97. The summed E-state index contributed by atoms with van der Waals surface area (Å²) in [6.07, 6.45) is 0. The Bertz CT molecular complexity index is 646. The number of benzene rings is 2. The lowest BCUT2D eigenvalue weighted by molar-refractivity contribution is -0.113. The molecule has 0 aliphatic heterocycles. The molecule has 0 fully saturated rings. The number of nitrogens with one attached hydrogen (secondary N) is 2. The van der Waals surface area contributed by atoms with Gasteiger partial charge in [-0.2, -0.15) is 0 Å². The van der Waals surface area contributed by atoms with Crippen molar-refractivity contribution in [3.8, 4) is 5.75 Å². The van der Waals surface area contributed by atoms with Crippen LogP contribution in [-0.4, -0.2) is 25.3 Å². The summed E-state index contributed by atoms with van der Waals surface area (Å²) >= 11 is 1.49. The zero-order chi connectivity index (χ0) is 16.5. The third-order valence-electron chi connectivity index (χ3n) is 3.20. The van der Waals surface area contributed by atoms with Crippen LogP contribution in [0.1, 0.15) is 12.5 Å². The Morgan fingerprint density at radius 2 is 2.00 bits per heavy atom. The average molecular weight is 330 g/mol. The van der Waals surface area contributed by atoms with Crippen molar-refractivity contribution in [2.45, 2.75) is 18.4 Å². The van der Waals surface area contributed by atoms with Gasteiger partial charge in [0.25, 0.3) is 0 Å². The topological polar surface area (TPSA) is 50.4 Å². The van der Waals surface area contributed by atoms with E-state index in [4.69, 9.17) is 4.74 Å². The van der Waals surface area contributed by atoms with Crippen LogP contribution in [0.5, 0.6) is 5.75 Å². The molecule has 2 rings (SSSR count). The van der Waals surface area contributed by atoms with Crippen LogP contribution >= 0.6 is 11.8 Å². The minimum absolute atomic E-state index is 0.0154. The van der Waals surface area contributed by atoms with Crippen molar-refractivity contribution in [3.63, 3.8) is 0 Å². The van der Waals surface area contributed by atoms with Crippen molar-refractivity contribution in [2.75, 3.05) is 24.7 Å². The van der Waals surface area contributed by atoms with E-state index >= 15 is 0 Å². The van der Waals surface area contributed by atoms with Gasteiger partial charge in [0, 0.05) is 17.1 Å². The number of hydrogen-bond acceptors (Lipinski definition) is 4. The molecule has 2 aromatic carbocycles. The van der Waals surface area contributed by atoms with Gasteiger partial charge in [-0.3, -0.25) is 4.79 Å². The summed E-state index contributed by atoms with van der Waals surface area (Å²) in [4.78, 5) is 13.1. The van der Waals surface area contributed by atoms with E-state index in [1.807, 2.05) is 48.5 Å². The van der Waals surface area contributed by atoms with Crippen LogP contribution in [0.3, 0.4) is 0 Å². The number of carbonyl (C=O) groups is 1. The van der Waals surface area contributed by atoms with E-state index in [9.17, 15) is 4.79 Å². The van der Waals surface area contributed by atoms with Gasteiger partial charge in [0.05, 0.1) is 12.9 Å². The number of ether oxygens (including phenoxy) is 1. The van der Waals surface area contributed by atoms with E-state index < -0.39 is 0 Å². The maximum absolute atomic E-state index is 12.1. The first kappa shape index (κ1) is 17.4. The van der Waals surface area contributed by atoms with Crippen molar-refractivity contribution in [3.05, 3.63) is 54.1 Å². The van der Waals surface area contributed by atoms with Crippen LogP contribution in [-0.2, 0) is 11.3 Å². The lowest BCUT2D eigenvalue weighted by Gasteiger charge is -2.08. The Morgan fingerprint density at radius 1 is 1.17 bits per heavy atom. The molecular formula is C18H22N2O2S. The molecule has 0 heterocycles. The minimum Gasteiger partial charge on any atom is -0.497 e. The Labute approximate surface area is 141 Å². The third kappa shape index (κ3) is 5.96. The number of methoxy groups -OCH3 is 1. The Morgan fingerprint density at radius 3 is 2.78 bits per heavy atom. The molecule has 23 heavy (non-hydrogen) atoms. The van der Waals surface area contributed by atoms with Gasteiger partial charge in [0.1, 0.15) is 5.75 Å². The van der Waals surface area contributed by atoms with Crippen molar-refractivity contribution in [1.29, 1.82) is 0 Å². The number of amides is 1. The van der Waals surface area contributed by atoms with Crippen molar-refractivity contribution < 1.29 is 9.53 Å². The standard InChI is InChI=1S/C18H22N2O2S/c1-3-19-12-14-6-4-7-15(10-14)20-18(21)13-23-17-9-5-8-16(11-17)22-2/h4-11,19H,3,12-13H2,1-2H3,(H,20,21). The smallest absolute Gasteiger partial charge is 0.234 e. The van der Waals surface area contributed by atoms with Crippen LogP contribution in [0.25, 0.3) is 0 Å². The quantitative estimate of drug-likeness (QED) is 0.727. The third-order valence-corrected chi connectivity index (χ3v) is 4.19. The summed E-state index contributed by atoms with van der Waals surface area (Å²) in [5.41, 5.74) is 1.99. The van der Waals surface area contributed by atoms with Crippen molar-refractivity contribution in [1.82, 2.24) is 5.32 Å². The van der Waals surface area contributed by atoms with E-state index in [2.05, 4.69) is 17.6 Å². The molecule has 5 heteroatoms. The highest BCUT2D eigenvalue weighted by Gasteiger charge is 2.05. The molecule has 4 nitrogen and oxygen atoms in total.